The Hall–Kier alpha value is -3.17. The first-order valence-corrected chi connectivity index (χ1v) is 6.37. The van der Waals surface area contributed by atoms with Crippen molar-refractivity contribution in [3.63, 3.8) is 0 Å². The number of nitrogen functional groups attached to an aromatic ring is 1. The summed E-state index contributed by atoms with van der Waals surface area (Å²) in [6, 6.07) is 4.21. The Labute approximate surface area is 125 Å². The van der Waals surface area contributed by atoms with E-state index in [0.717, 1.165) is 0 Å². The minimum absolute atomic E-state index is 0.0579. The van der Waals surface area contributed by atoms with Crippen LogP contribution in [0.4, 0.5) is 11.6 Å². The number of hydrazone groups is 1. The Bertz CT molecular complexity index is 711. The second-order valence-corrected chi connectivity index (χ2v) is 4.22. The lowest BCUT2D eigenvalue weighted by Gasteiger charge is -2.04. The fraction of sp³-hybridized carbons (Fsp3) is 0.250. The van der Waals surface area contributed by atoms with Crippen LogP contribution in [0.25, 0.3) is 0 Å². The maximum atomic E-state index is 10.8. The van der Waals surface area contributed by atoms with E-state index in [4.69, 9.17) is 10.6 Å². The summed E-state index contributed by atoms with van der Waals surface area (Å²) >= 11 is 0. The van der Waals surface area contributed by atoms with E-state index in [2.05, 4.69) is 20.7 Å². The van der Waals surface area contributed by atoms with Crippen LogP contribution < -0.4 is 16.0 Å². The van der Waals surface area contributed by atoms with Crippen LogP contribution in [0.5, 0.6) is 5.75 Å². The average Bonchev–Trinajstić information content (AvgIpc) is 2.87. The Balaban J connectivity index is 2.20. The quantitative estimate of drug-likeness (QED) is 0.350. The van der Waals surface area contributed by atoms with Gasteiger partial charge >= 0.3 is 0 Å². The van der Waals surface area contributed by atoms with Crippen molar-refractivity contribution in [1.82, 2.24) is 14.9 Å². The number of rotatable bonds is 6. The van der Waals surface area contributed by atoms with Crippen molar-refractivity contribution in [2.75, 3.05) is 18.4 Å². The summed E-state index contributed by atoms with van der Waals surface area (Å²) in [4.78, 5) is 10.3. The fourth-order valence-electron chi connectivity index (χ4n) is 1.74. The Morgan fingerprint density at radius 1 is 1.55 bits per heavy atom. The van der Waals surface area contributed by atoms with Gasteiger partial charge in [0.05, 0.1) is 18.2 Å². The van der Waals surface area contributed by atoms with Crippen LogP contribution in [-0.2, 0) is 6.42 Å². The molecular formula is C12H15N7O3. The van der Waals surface area contributed by atoms with Crippen molar-refractivity contribution >= 4 is 17.9 Å². The van der Waals surface area contributed by atoms with Crippen LogP contribution in [0.1, 0.15) is 18.3 Å². The third-order valence-corrected chi connectivity index (χ3v) is 2.87. The monoisotopic (exact) mass is 305 g/mol. The highest BCUT2D eigenvalue weighted by Crippen LogP contribution is 2.22. The van der Waals surface area contributed by atoms with Gasteiger partial charge in [-0.2, -0.15) is 5.10 Å². The number of nitrogens with one attached hydrogen (secondary N) is 1. The van der Waals surface area contributed by atoms with Crippen molar-refractivity contribution in [3.8, 4) is 5.75 Å². The average molecular weight is 305 g/mol. The molecule has 0 aliphatic heterocycles. The lowest BCUT2D eigenvalue weighted by molar-refractivity contribution is -0.384. The van der Waals surface area contributed by atoms with E-state index in [1.165, 1.54) is 36.2 Å². The fourth-order valence-corrected chi connectivity index (χ4v) is 1.74. The molecule has 116 valence electrons. The van der Waals surface area contributed by atoms with Gasteiger partial charge in [-0.1, -0.05) is 6.92 Å². The zero-order chi connectivity index (χ0) is 16.1. The normalized spacial score (nSPS) is 10.8. The Kier molecular flexibility index (Phi) is 4.51. The molecule has 0 saturated heterocycles. The molecule has 3 N–H and O–H groups in total. The van der Waals surface area contributed by atoms with Gasteiger partial charge < -0.3 is 10.6 Å². The Morgan fingerprint density at radius 2 is 2.32 bits per heavy atom. The largest absolute Gasteiger partial charge is 0.496 e. The Morgan fingerprint density at radius 3 is 2.91 bits per heavy atom. The molecule has 1 heterocycles. The van der Waals surface area contributed by atoms with Gasteiger partial charge in [-0.15, -0.1) is 10.2 Å². The molecule has 1 aromatic carbocycles. The summed E-state index contributed by atoms with van der Waals surface area (Å²) in [6.45, 7) is 1.90. The number of nitrogens with zero attached hydrogens (tertiary/aromatic N) is 5. The van der Waals surface area contributed by atoms with E-state index in [1.807, 2.05) is 6.92 Å². The SMILES string of the molecule is CCc1nnc(N/N=C\c2cc([N+](=O)[O-])ccc2OC)n1N. The molecule has 0 atom stereocenters. The summed E-state index contributed by atoms with van der Waals surface area (Å²) < 4.78 is 6.41. The van der Waals surface area contributed by atoms with Crippen LogP contribution in [-0.4, -0.2) is 33.1 Å². The molecule has 0 bridgehead atoms. The molecular weight excluding hydrogens is 290 g/mol. The standard InChI is InChI=1S/C12H15N7O3/c1-3-11-15-17-12(18(11)13)16-14-7-8-6-9(19(20)21)4-5-10(8)22-2/h4-7H,3,13H2,1-2H3,(H,16,17)/b14-7-. The van der Waals surface area contributed by atoms with Crippen LogP contribution in [0.15, 0.2) is 23.3 Å². The summed E-state index contributed by atoms with van der Waals surface area (Å²) in [7, 11) is 1.47. The molecule has 1 aromatic heterocycles. The molecule has 2 aromatic rings. The van der Waals surface area contributed by atoms with E-state index in [0.29, 0.717) is 23.6 Å². The highest BCUT2D eigenvalue weighted by atomic mass is 16.6. The third kappa shape index (κ3) is 3.11. The number of benzene rings is 1. The maximum absolute atomic E-state index is 10.8. The van der Waals surface area contributed by atoms with E-state index >= 15 is 0 Å². The zero-order valence-corrected chi connectivity index (χ0v) is 12.1. The maximum Gasteiger partial charge on any atom is 0.270 e. The third-order valence-electron chi connectivity index (χ3n) is 2.87. The number of aryl methyl sites for hydroxylation is 1. The molecule has 0 radical (unpaired) electrons. The first-order valence-electron chi connectivity index (χ1n) is 6.37. The lowest BCUT2D eigenvalue weighted by Crippen LogP contribution is -2.14. The first-order chi connectivity index (χ1) is 10.6. The number of nitro benzene ring substituents is 1. The number of nitro groups is 1. The predicted molar refractivity (Wildman–Crippen MR) is 80.4 cm³/mol. The number of anilines is 1. The molecule has 0 fully saturated rings. The number of non-ortho nitro benzene ring substituents is 1. The van der Waals surface area contributed by atoms with Crippen molar-refractivity contribution in [2.24, 2.45) is 5.10 Å². The topological polar surface area (TPSA) is 133 Å². The molecule has 0 aliphatic rings. The van der Waals surface area contributed by atoms with Gasteiger partial charge in [0.1, 0.15) is 5.75 Å². The van der Waals surface area contributed by atoms with Crippen LogP contribution in [0, 0.1) is 10.1 Å². The molecule has 0 saturated carbocycles. The van der Waals surface area contributed by atoms with Gasteiger partial charge in [-0.25, -0.2) is 10.1 Å². The second kappa shape index (κ2) is 6.52. The number of hydrogen-bond donors (Lipinski definition) is 2. The predicted octanol–water partition coefficient (Wildman–Crippen LogP) is 0.917. The molecule has 0 spiro atoms. The van der Waals surface area contributed by atoms with E-state index in [-0.39, 0.29) is 11.6 Å². The minimum atomic E-state index is -0.492. The van der Waals surface area contributed by atoms with Gasteiger partial charge in [0.15, 0.2) is 5.82 Å². The molecule has 0 aliphatic carbocycles. The minimum Gasteiger partial charge on any atom is -0.496 e. The first kappa shape index (κ1) is 15.2. The number of nitrogens with two attached hydrogens (primary N) is 1. The molecule has 22 heavy (non-hydrogen) atoms. The summed E-state index contributed by atoms with van der Waals surface area (Å²) in [6.07, 6.45) is 2.01. The zero-order valence-electron chi connectivity index (χ0n) is 12.1. The highest BCUT2D eigenvalue weighted by molar-refractivity contribution is 5.85. The summed E-state index contributed by atoms with van der Waals surface area (Å²) in [5, 5.41) is 22.4. The molecule has 0 unspecified atom stereocenters. The van der Waals surface area contributed by atoms with E-state index < -0.39 is 4.92 Å². The second-order valence-electron chi connectivity index (χ2n) is 4.22. The van der Waals surface area contributed by atoms with Crippen LogP contribution in [0.2, 0.25) is 0 Å². The van der Waals surface area contributed by atoms with Crippen LogP contribution >= 0.6 is 0 Å². The van der Waals surface area contributed by atoms with Gasteiger partial charge in [0.2, 0.25) is 0 Å². The smallest absolute Gasteiger partial charge is 0.270 e. The lowest BCUT2D eigenvalue weighted by atomic mass is 10.2. The molecule has 0 amide bonds. The highest BCUT2D eigenvalue weighted by Gasteiger charge is 2.10. The number of methoxy groups -OCH3 is 1. The van der Waals surface area contributed by atoms with Crippen molar-refractivity contribution < 1.29 is 9.66 Å². The van der Waals surface area contributed by atoms with Gasteiger partial charge in [-0.3, -0.25) is 10.1 Å². The van der Waals surface area contributed by atoms with E-state index in [1.54, 1.807) is 0 Å². The van der Waals surface area contributed by atoms with E-state index in [9.17, 15) is 10.1 Å². The number of aromatic nitrogens is 3. The van der Waals surface area contributed by atoms with Crippen LogP contribution in [0.3, 0.4) is 0 Å². The number of hydrogen-bond acceptors (Lipinski definition) is 8. The summed E-state index contributed by atoms with van der Waals surface area (Å²) in [5.74, 6) is 7.08. The van der Waals surface area contributed by atoms with Crippen molar-refractivity contribution in [3.05, 3.63) is 39.7 Å². The number of ether oxygens (including phenoxy) is 1. The van der Waals surface area contributed by atoms with Gasteiger partial charge in [0.25, 0.3) is 11.6 Å². The van der Waals surface area contributed by atoms with Crippen molar-refractivity contribution in [2.45, 2.75) is 13.3 Å². The summed E-state index contributed by atoms with van der Waals surface area (Å²) in [5.41, 5.74) is 3.01. The van der Waals surface area contributed by atoms with Crippen molar-refractivity contribution in [1.29, 1.82) is 0 Å². The molecule has 10 nitrogen and oxygen atoms in total. The molecule has 10 heteroatoms. The van der Waals surface area contributed by atoms with Gasteiger partial charge in [-0.05, 0) is 6.07 Å². The van der Waals surface area contributed by atoms with Gasteiger partial charge in [0, 0.05) is 24.1 Å². The molecule has 2 rings (SSSR count).